The van der Waals surface area contributed by atoms with Gasteiger partial charge in [0.25, 0.3) is 0 Å². The van der Waals surface area contributed by atoms with Crippen LogP contribution in [0, 0.1) is 5.92 Å². The molecule has 1 aliphatic carbocycles. The average molecular weight is 216 g/mol. The van der Waals surface area contributed by atoms with Crippen molar-refractivity contribution in [3.63, 3.8) is 0 Å². The van der Waals surface area contributed by atoms with Gasteiger partial charge in [0.15, 0.2) is 0 Å². The van der Waals surface area contributed by atoms with Crippen molar-refractivity contribution < 1.29 is 9.00 Å². The van der Waals surface area contributed by atoms with Gasteiger partial charge in [-0.3, -0.25) is 9.00 Å². The summed E-state index contributed by atoms with van der Waals surface area (Å²) in [5.41, 5.74) is 0. The van der Waals surface area contributed by atoms with Gasteiger partial charge in [0.1, 0.15) is 5.78 Å². The Bertz CT molecular complexity index is 225. The summed E-state index contributed by atoms with van der Waals surface area (Å²) < 4.78 is 11.5. The Balaban J connectivity index is 2.60. The fourth-order valence-electron chi connectivity index (χ4n) is 2.31. The van der Waals surface area contributed by atoms with Gasteiger partial charge in [-0.2, -0.15) is 0 Å². The Morgan fingerprint density at radius 2 is 2.21 bits per heavy atom. The van der Waals surface area contributed by atoms with Gasteiger partial charge >= 0.3 is 0 Å². The molecule has 3 atom stereocenters. The highest BCUT2D eigenvalue weighted by Crippen LogP contribution is 2.29. The molecule has 0 aromatic rings. The number of unbranched alkanes of at least 4 members (excludes halogenated alkanes) is 1. The fourth-order valence-corrected chi connectivity index (χ4v) is 3.62. The molecule has 0 aliphatic heterocycles. The molecule has 0 N–H and O–H groups in total. The van der Waals surface area contributed by atoms with E-state index in [4.69, 9.17) is 0 Å². The molecule has 14 heavy (non-hydrogen) atoms. The quantitative estimate of drug-likeness (QED) is 0.722. The Kier molecular flexibility index (Phi) is 4.79. The van der Waals surface area contributed by atoms with E-state index < -0.39 is 10.8 Å². The molecule has 0 saturated heterocycles. The highest BCUT2D eigenvalue weighted by atomic mass is 32.2. The van der Waals surface area contributed by atoms with E-state index >= 15 is 0 Å². The van der Waals surface area contributed by atoms with Crippen molar-refractivity contribution in [1.82, 2.24) is 0 Å². The van der Waals surface area contributed by atoms with Crippen molar-refractivity contribution in [1.29, 1.82) is 0 Å². The minimum Gasteiger partial charge on any atom is -0.298 e. The summed E-state index contributed by atoms with van der Waals surface area (Å²) in [5.74, 6) is 0.625. The van der Waals surface area contributed by atoms with Gasteiger partial charge < -0.3 is 0 Å². The Hall–Kier alpha value is -0.180. The first-order chi connectivity index (χ1) is 6.66. The summed E-state index contributed by atoms with van der Waals surface area (Å²) >= 11 is 0. The monoisotopic (exact) mass is 216 g/mol. The third-order valence-electron chi connectivity index (χ3n) is 3.03. The molecular weight excluding hydrogens is 196 g/mol. The highest BCUT2D eigenvalue weighted by molar-refractivity contribution is 7.85. The number of Topliss-reactive ketones (excluding diaryl/α,β-unsaturated/α-hetero) is 1. The molecule has 1 saturated carbocycles. The first-order valence-corrected chi connectivity index (χ1v) is 7.14. The number of hydrogen-bond acceptors (Lipinski definition) is 2. The van der Waals surface area contributed by atoms with Crippen molar-refractivity contribution in [2.45, 2.75) is 50.7 Å². The topological polar surface area (TPSA) is 34.1 Å². The molecule has 82 valence electrons. The zero-order valence-corrected chi connectivity index (χ0v) is 9.94. The van der Waals surface area contributed by atoms with Gasteiger partial charge in [0.05, 0.1) is 5.25 Å². The lowest BCUT2D eigenvalue weighted by molar-refractivity contribution is -0.121. The second-order valence-corrected chi connectivity index (χ2v) is 5.69. The third kappa shape index (κ3) is 2.91. The fraction of sp³-hybridized carbons (Fsp3) is 0.909. The van der Waals surface area contributed by atoms with Gasteiger partial charge in [-0.05, 0) is 25.2 Å². The Labute approximate surface area is 88.9 Å². The number of hydrogen-bond donors (Lipinski definition) is 0. The first-order valence-electron chi connectivity index (χ1n) is 5.51. The van der Waals surface area contributed by atoms with Crippen molar-refractivity contribution >= 4 is 16.6 Å². The lowest BCUT2D eigenvalue weighted by atomic mass is 9.84. The zero-order chi connectivity index (χ0) is 10.6. The van der Waals surface area contributed by atoms with Gasteiger partial charge in [0.2, 0.25) is 0 Å². The lowest BCUT2D eigenvalue weighted by Crippen LogP contribution is -2.37. The summed E-state index contributed by atoms with van der Waals surface area (Å²) in [7, 11) is -0.965. The molecule has 0 radical (unpaired) electrons. The van der Waals surface area contributed by atoms with Gasteiger partial charge in [-0.1, -0.05) is 19.8 Å². The average Bonchev–Trinajstić information content (AvgIpc) is 2.14. The lowest BCUT2D eigenvalue weighted by Gasteiger charge is -2.28. The summed E-state index contributed by atoms with van der Waals surface area (Å²) in [6.45, 7) is 2.16. The van der Waals surface area contributed by atoms with Gasteiger partial charge in [0, 0.05) is 23.5 Å². The van der Waals surface area contributed by atoms with Crippen LogP contribution >= 0.6 is 0 Å². The van der Waals surface area contributed by atoms with Crippen molar-refractivity contribution in [2.24, 2.45) is 5.92 Å². The van der Waals surface area contributed by atoms with E-state index in [0.29, 0.717) is 12.3 Å². The van der Waals surface area contributed by atoms with Crippen LogP contribution in [-0.4, -0.2) is 21.5 Å². The molecule has 3 unspecified atom stereocenters. The number of carbonyl (C=O) groups is 1. The summed E-state index contributed by atoms with van der Waals surface area (Å²) in [6.07, 6.45) is 7.81. The maximum Gasteiger partial charge on any atom is 0.148 e. The molecule has 0 aromatic heterocycles. The SMILES string of the molecule is CCCCC1CCCC(=O)C1S(C)=O. The number of rotatable bonds is 4. The first kappa shape index (κ1) is 11.9. The van der Waals surface area contributed by atoms with Crippen molar-refractivity contribution in [3.05, 3.63) is 0 Å². The Morgan fingerprint density at radius 3 is 2.79 bits per heavy atom. The van der Waals surface area contributed by atoms with Crippen LogP contribution < -0.4 is 0 Å². The third-order valence-corrected chi connectivity index (χ3v) is 4.39. The van der Waals surface area contributed by atoms with Crippen LogP contribution in [-0.2, 0) is 15.6 Å². The molecule has 3 heteroatoms. The molecule has 0 aromatic carbocycles. The largest absolute Gasteiger partial charge is 0.298 e. The molecule has 0 bridgehead atoms. The van der Waals surface area contributed by atoms with E-state index in [1.807, 2.05) is 0 Å². The van der Waals surface area contributed by atoms with E-state index in [-0.39, 0.29) is 11.0 Å². The van der Waals surface area contributed by atoms with Crippen molar-refractivity contribution in [2.75, 3.05) is 6.26 Å². The summed E-state index contributed by atoms with van der Waals surface area (Å²) in [6, 6.07) is 0. The minimum atomic E-state index is -0.965. The van der Waals surface area contributed by atoms with E-state index in [0.717, 1.165) is 32.1 Å². The van der Waals surface area contributed by atoms with Crippen LogP contribution in [0.3, 0.4) is 0 Å². The summed E-state index contributed by atoms with van der Waals surface area (Å²) in [4.78, 5) is 11.6. The standard InChI is InChI=1S/C11H20O2S/c1-3-4-6-9-7-5-8-10(12)11(9)14(2)13/h9,11H,3-8H2,1-2H3. The molecule has 1 rings (SSSR count). The molecule has 0 amide bonds. The number of ketones is 1. The Morgan fingerprint density at radius 1 is 1.50 bits per heavy atom. The van der Waals surface area contributed by atoms with E-state index in [2.05, 4.69) is 6.92 Å². The maximum absolute atomic E-state index is 11.6. The van der Waals surface area contributed by atoms with Gasteiger partial charge in [-0.25, -0.2) is 0 Å². The zero-order valence-electron chi connectivity index (χ0n) is 9.12. The maximum atomic E-state index is 11.6. The smallest absolute Gasteiger partial charge is 0.148 e. The second-order valence-electron chi connectivity index (χ2n) is 4.18. The number of carbonyl (C=O) groups excluding carboxylic acids is 1. The van der Waals surface area contributed by atoms with Crippen molar-refractivity contribution in [3.8, 4) is 0 Å². The molecule has 1 fully saturated rings. The van der Waals surface area contributed by atoms with E-state index in [1.54, 1.807) is 6.26 Å². The van der Waals surface area contributed by atoms with E-state index in [1.165, 1.54) is 0 Å². The predicted octanol–water partition coefficient (Wildman–Crippen LogP) is 2.29. The molecule has 1 aliphatic rings. The van der Waals surface area contributed by atoms with Gasteiger partial charge in [-0.15, -0.1) is 0 Å². The minimum absolute atomic E-state index is 0.157. The van der Waals surface area contributed by atoms with Crippen LogP contribution in [0.1, 0.15) is 45.4 Å². The van der Waals surface area contributed by atoms with E-state index in [9.17, 15) is 9.00 Å². The molecule has 0 spiro atoms. The molecule has 0 heterocycles. The second kappa shape index (κ2) is 5.64. The summed E-state index contributed by atoms with van der Waals surface area (Å²) in [5, 5.41) is -0.157. The van der Waals surface area contributed by atoms with Crippen LogP contribution in [0.15, 0.2) is 0 Å². The highest BCUT2D eigenvalue weighted by Gasteiger charge is 2.33. The molecular formula is C11H20O2S. The normalized spacial score (nSPS) is 30.3. The van der Waals surface area contributed by atoms with Crippen LogP contribution in [0.5, 0.6) is 0 Å². The van der Waals surface area contributed by atoms with Crippen LogP contribution in [0.25, 0.3) is 0 Å². The van der Waals surface area contributed by atoms with Crippen LogP contribution in [0.4, 0.5) is 0 Å². The predicted molar refractivity (Wildman–Crippen MR) is 59.7 cm³/mol. The molecule has 2 nitrogen and oxygen atoms in total. The van der Waals surface area contributed by atoms with Crippen LogP contribution in [0.2, 0.25) is 0 Å².